The van der Waals surface area contributed by atoms with Crippen LogP contribution in [-0.2, 0) is 10.0 Å². The Balaban J connectivity index is 1.65. The van der Waals surface area contributed by atoms with Gasteiger partial charge in [-0.1, -0.05) is 18.2 Å². The predicted molar refractivity (Wildman–Crippen MR) is 101 cm³/mol. The Morgan fingerprint density at radius 1 is 0.875 bits per heavy atom. The largest absolute Gasteiger partial charge is 0.332 e. The Morgan fingerprint density at radius 2 is 1.42 bits per heavy atom. The van der Waals surface area contributed by atoms with Crippen molar-refractivity contribution < 1.29 is 8.42 Å². The summed E-state index contributed by atoms with van der Waals surface area (Å²) in [4.78, 5) is 0.317. The number of nitrogens with one attached hydrogen (secondary N) is 2. The van der Waals surface area contributed by atoms with Crippen molar-refractivity contribution in [2.45, 2.75) is 17.7 Å². The van der Waals surface area contributed by atoms with Gasteiger partial charge in [0.1, 0.15) is 0 Å². The maximum Gasteiger partial charge on any atom is 0.243 e. The van der Waals surface area contributed by atoms with Crippen LogP contribution in [0.2, 0.25) is 0 Å². The molecule has 1 aliphatic heterocycles. The molecule has 0 radical (unpaired) electrons. The van der Waals surface area contributed by atoms with E-state index in [2.05, 4.69) is 10.6 Å². The molecule has 1 heterocycles. The second kappa shape index (κ2) is 7.29. The Hall–Kier alpha value is -1.96. The summed E-state index contributed by atoms with van der Waals surface area (Å²) in [6.07, 6.45) is 1.86. The first kappa shape index (κ1) is 16.9. The quantitative estimate of drug-likeness (QED) is 0.819. The summed E-state index contributed by atoms with van der Waals surface area (Å²) in [7, 11) is -3.38. The molecule has 0 amide bonds. The fraction of sp³-hybridized carbons (Fsp3) is 0.235. The number of thiocarbonyl (C=S) groups is 1. The third-order valence-corrected chi connectivity index (χ3v) is 5.96. The highest BCUT2D eigenvalue weighted by molar-refractivity contribution is 7.89. The molecule has 0 aromatic heterocycles. The molecule has 2 aromatic rings. The molecule has 1 fully saturated rings. The lowest BCUT2D eigenvalue weighted by atomic mass is 10.3. The van der Waals surface area contributed by atoms with E-state index in [-0.39, 0.29) is 0 Å². The van der Waals surface area contributed by atoms with Gasteiger partial charge in [-0.3, -0.25) is 0 Å². The van der Waals surface area contributed by atoms with E-state index in [4.69, 9.17) is 12.2 Å². The van der Waals surface area contributed by atoms with Crippen molar-refractivity contribution in [2.75, 3.05) is 23.7 Å². The van der Waals surface area contributed by atoms with Gasteiger partial charge < -0.3 is 10.6 Å². The maximum atomic E-state index is 12.5. The lowest BCUT2D eigenvalue weighted by Gasteiger charge is -2.16. The van der Waals surface area contributed by atoms with Crippen LogP contribution in [-0.4, -0.2) is 30.9 Å². The normalized spacial score (nSPS) is 15.2. The molecule has 1 aliphatic rings. The van der Waals surface area contributed by atoms with Gasteiger partial charge in [0.2, 0.25) is 10.0 Å². The molecule has 7 heteroatoms. The molecule has 24 heavy (non-hydrogen) atoms. The highest BCUT2D eigenvalue weighted by atomic mass is 32.2. The zero-order valence-corrected chi connectivity index (χ0v) is 14.7. The van der Waals surface area contributed by atoms with Gasteiger partial charge >= 0.3 is 0 Å². The number of nitrogens with zero attached hydrogens (tertiary/aromatic N) is 1. The third-order valence-electron chi connectivity index (χ3n) is 3.85. The minimum Gasteiger partial charge on any atom is -0.332 e. The van der Waals surface area contributed by atoms with Crippen LogP contribution in [0.1, 0.15) is 12.8 Å². The van der Waals surface area contributed by atoms with E-state index in [9.17, 15) is 8.42 Å². The molecule has 0 spiro atoms. The van der Waals surface area contributed by atoms with Crippen molar-refractivity contribution in [3.63, 3.8) is 0 Å². The van der Waals surface area contributed by atoms with Crippen LogP contribution < -0.4 is 10.6 Å². The monoisotopic (exact) mass is 361 g/mol. The SMILES string of the molecule is O=S(=O)(c1ccc(NC(=S)Nc2ccccc2)cc1)N1CCCC1. The van der Waals surface area contributed by atoms with Crippen LogP contribution in [0.25, 0.3) is 0 Å². The fourth-order valence-electron chi connectivity index (χ4n) is 2.60. The zero-order valence-electron chi connectivity index (χ0n) is 13.1. The molecule has 5 nitrogen and oxygen atoms in total. The van der Waals surface area contributed by atoms with Gasteiger partial charge in [0.25, 0.3) is 0 Å². The van der Waals surface area contributed by atoms with Gasteiger partial charge in [0.05, 0.1) is 4.90 Å². The van der Waals surface area contributed by atoms with E-state index in [1.54, 1.807) is 24.3 Å². The summed E-state index contributed by atoms with van der Waals surface area (Å²) in [6, 6.07) is 16.3. The molecule has 3 rings (SSSR count). The first-order chi connectivity index (χ1) is 11.6. The van der Waals surface area contributed by atoms with Crippen molar-refractivity contribution >= 4 is 38.7 Å². The molecule has 0 unspecified atom stereocenters. The molecule has 0 aliphatic carbocycles. The van der Waals surface area contributed by atoms with Crippen LogP contribution in [0.4, 0.5) is 11.4 Å². The Kier molecular flexibility index (Phi) is 5.13. The molecule has 1 saturated heterocycles. The van der Waals surface area contributed by atoms with Crippen molar-refractivity contribution in [1.82, 2.24) is 4.31 Å². The van der Waals surface area contributed by atoms with Crippen molar-refractivity contribution in [2.24, 2.45) is 0 Å². The van der Waals surface area contributed by atoms with E-state index < -0.39 is 10.0 Å². The van der Waals surface area contributed by atoms with E-state index in [0.29, 0.717) is 23.1 Å². The molecular formula is C17H19N3O2S2. The number of rotatable bonds is 4. The Labute approximate surface area is 147 Å². The number of hydrogen-bond acceptors (Lipinski definition) is 3. The van der Waals surface area contributed by atoms with Crippen LogP contribution in [0.5, 0.6) is 0 Å². The summed E-state index contributed by atoms with van der Waals surface area (Å²) >= 11 is 5.26. The van der Waals surface area contributed by atoms with Crippen molar-refractivity contribution in [3.8, 4) is 0 Å². The van der Waals surface area contributed by atoms with Gasteiger partial charge in [-0.25, -0.2) is 8.42 Å². The topological polar surface area (TPSA) is 61.4 Å². The summed E-state index contributed by atoms with van der Waals surface area (Å²) < 4.78 is 26.5. The zero-order chi connectivity index (χ0) is 17.0. The predicted octanol–water partition coefficient (Wildman–Crippen LogP) is 3.28. The molecule has 0 saturated carbocycles. The second-order valence-corrected chi connectivity index (χ2v) is 7.93. The smallest absolute Gasteiger partial charge is 0.243 e. The lowest BCUT2D eigenvalue weighted by Crippen LogP contribution is -2.27. The van der Waals surface area contributed by atoms with Crippen LogP contribution in [0.3, 0.4) is 0 Å². The van der Waals surface area contributed by atoms with Gasteiger partial charge in [0, 0.05) is 24.5 Å². The lowest BCUT2D eigenvalue weighted by molar-refractivity contribution is 0.477. The van der Waals surface area contributed by atoms with E-state index in [1.807, 2.05) is 30.3 Å². The first-order valence-corrected chi connectivity index (χ1v) is 9.64. The molecule has 2 aromatic carbocycles. The average molecular weight is 361 g/mol. The van der Waals surface area contributed by atoms with Gasteiger partial charge in [-0.05, 0) is 61.5 Å². The minimum absolute atomic E-state index is 0.317. The number of hydrogen-bond donors (Lipinski definition) is 2. The first-order valence-electron chi connectivity index (χ1n) is 7.79. The van der Waals surface area contributed by atoms with Gasteiger partial charge in [0.15, 0.2) is 5.11 Å². The summed E-state index contributed by atoms with van der Waals surface area (Å²) in [5.41, 5.74) is 1.63. The second-order valence-electron chi connectivity index (χ2n) is 5.58. The fourth-order valence-corrected chi connectivity index (χ4v) is 4.36. The molecule has 0 atom stereocenters. The highest BCUT2D eigenvalue weighted by Gasteiger charge is 2.26. The molecule has 126 valence electrons. The average Bonchev–Trinajstić information content (AvgIpc) is 3.11. The van der Waals surface area contributed by atoms with E-state index in [0.717, 1.165) is 24.2 Å². The number of para-hydroxylation sites is 1. The Bertz CT molecular complexity index is 799. The standard InChI is InChI=1S/C17H19N3O2S2/c21-24(22,20-12-4-5-13-20)16-10-8-15(9-11-16)19-17(23)18-14-6-2-1-3-7-14/h1-3,6-11H,4-5,12-13H2,(H2,18,19,23). The van der Waals surface area contributed by atoms with Gasteiger partial charge in [-0.2, -0.15) is 4.31 Å². The summed E-state index contributed by atoms with van der Waals surface area (Å²) in [5, 5.41) is 6.58. The highest BCUT2D eigenvalue weighted by Crippen LogP contribution is 2.22. The number of sulfonamides is 1. The maximum absolute atomic E-state index is 12.5. The number of benzene rings is 2. The molecule has 0 bridgehead atoms. The summed E-state index contributed by atoms with van der Waals surface area (Å²) in [5.74, 6) is 0. The van der Waals surface area contributed by atoms with E-state index >= 15 is 0 Å². The van der Waals surface area contributed by atoms with E-state index in [1.165, 1.54) is 4.31 Å². The minimum atomic E-state index is -3.38. The molecule has 2 N–H and O–H groups in total. The Morgan fingerprint density at radius 3 is 2.00 bits per heavy atom. The number of anilines is 2. The van der Waals surface area contributed by atoms with Crippen molar-refractivity contribution in [3.05, 3.63) is 54.6 Å². The van der Waals surface area contributed by atoms with Crippen LogP contribution in [0, 0.1) is 0 Å². The van der Waals surface area contributed by atoms with Crippen LogP contribution >= 0.6 is 12.2 Å². The summed E-state index contributed by atoms with van der Waals surface area (Å²) in [6.45, 7) is 1.21. The van der Waals surface area contributed by atoms with Crippen LogP contribution in [0.15, 0.2) is 59.5 Å². The third kappa shape index (κ3) is 3.92. The van der Waals surface area contributed by atoms with Crippen molar-refractivity contribution in [1.29, 1.82) is 0 Å². The van der Waals surface area contributed by atoms with Gasteiger partial charge in [-0.15, -0.1) is 0 Å². The molecular weight excluding hydrogens is 342 g/mol.